The van der Waals surface area contributed by atoms with Crippen LogP contribution in [0.15, 0.2) is 0 Å². The topological polar surface area (TPSA) is 58.4 Å². The number of carbonyl (C=O) groups excluding carboxylic acids is 1. The molecule has 0 aromatic rings. The molecule has 4 nitrogen and oxygen atoms in total. The van der Waals surface area contributed by atoms with Crippen LogP contribution >= 0.6 is 0 Å². The molecule has 0 radical (unpaired) electrons. The minimum Gasteiger partial charge on any atom is -0.368 e. The summed E-state index contributed by atoms with van der Waals surface area (Å²) in [6.45, 7) is 8.77. The van der Waals surface area contributed by atoms with Crippen molar-refractivity contribution < 1.29 is 4.79 Å². The van der Waals surface area contributed by atoms with Crippen molar-refractivity contribution in [3.05, 3.63) is 0 Å². The van der Waals surface area contributed by atoms with Gasteiger partial charge in [-0.3, -0.25) is 9.69 Å². The van der Waals surface area contributed by atoms with Gasteiger partial charge in [-0.1, -0.05) is 33.1 Å². The predicted octanol–water partition coefficient (Wildman–Crippen LogP) is 1.88. The van der Waals surface area contributed by atoms with E-state index in [1.807, 2.05) is 6.92 Å². The normalized spacial score (nSPS) is 20.4. The summed E-state index contributed by atoms with van der Waals surface area (Å²) in [7, 11) is 0. The zero-order chi connectivity index (χ0) is 14.3. The molecule has 0 aromatic carbocycles. The van der Waals surface area contributed by atoms with Crippen molar-refractivity contribution in [2.45, 2.75) is 70.9 Å². The summed E-state index contributed by atoms with van der Waals surface area (Å²) in [4.78, 5) is 14.2. The van der Waals surface area contributed by atoms with E-state index in [1.165, 1.54) is 32.1 Å². The number of amides is 1. The van der Waals surface area contributed by atoms with Gasteiger partial charge in [-0.15, -0.1) is 0 Å². The number of carbonyl (C=O) groups is 1. The van der Waals surface area contributed by atoms with Crippen LogP contribution in [0, 0.1) is 0 Å². The van der Waals surface area contributed by atoms with Crippen LogP contribution in [-0.4, -0.2) is 42.0 Å². The van der Waals surface area contributed by atoms with Crippen molar-refractivity contribution in [1.82, 2.24) is 10.2 Å². The van der Waals surface area contributed by atoms with Crippen LogP contribution < -0.4 is 11.1 Å². The molecule has 1 aliphatic carbocycles. The Bertz CT molecular complexity index is 277. The first-order chi connectivity index (χ1) is 9.03. The van der Waals surface area contributed by atoms with E-state index < -0.39 is 5.54 Å². The highest BCUT2D eigenvalue weighted by molar-refractivity contribution is 5.84. The van der Waals surface area contributed by atoms with E-state index in [4.69, 9.17) is 5.73 Å². The van der Waals surface area contributed by atoms with Crippen LogP contribution in [0.5, 0.6) is 0 Å². The third-order valence-corrected chi connectivity index (χ3v) is 4.33. The Morgan fingerprint density at radius 3 is 2.42 bits per heavy atom. The summed E-state index contributed by atoms with van der Waals surface area (Å²) < 4.78 is 0. The highest BCUT2D eigenvalue weighted by Crippen LogP contribution is 2.23. The number of likely N-dealkylation sites (N-methyl/N-ethyl adjacent to an activating group) is 1. The van der Waals surface area contributed by atoms with Gasteiger partial charge in [-0.25, -0.2) is 0 Å². The van der Waals surface area contributed by atoms with E-state index >= 15 is 0 Å². The van der Waals surface area contributed by atoms with E-state index in [0.29, 0.717) is 6.04 Å². The van der Waals surface area contributed by atoms with Crippen LogP contribution in [0.2, 0.25) is 0 Å². The van der Waals surface area contributed by atoms with Crippen molar-refractivity contribution in [2.75, 3.05) is 19.6 Å². The molecule has 19 heavy (non-hydrogen) atoms. The fourth-order valence-corrected chi connectivity index (χ4v) is 2.97. The van der Waals surface area contributed by atoms with Crippen LogP contribution in [0.3, 0.4) is 0 Å². The largest absolute Gasteiger partial charge is 0.368 e. The maximum absolute atomic E-state index is 11.8. The molecule has 0 saturated heterocycles. The van der Waals surface area contributed by atoms with Crippen molar-refractivity contribution in [3.8, 4) is 0 Å². The zero-order valence-corrected chi connectivity index (χ0v) is 12.9. The van der Waals surface area contributed by atoms with Gasteiger partial charge in [0.25, 0.3) is 0 Å². The lowest BCUT2D eigenvalue weighted by Crippen LogP contribution is -2.61. The van der Waals surface area contributed by atoms with E-state index in [0.717, 1.165) is 26.1 Å². The number of primary amides is 1. The number of rotatable bonds is 8. The molecule has 0 aliphatic heterocycles. The average Bonchev–Trinajstić information content (AvgIpc) is 2.43. The summed E-state index contributed by atoms with van der Waals surface area (Å²) >= 11 is 0. The lowest BCUT2D eigenvalue weighted by molar-refractivity contribution is -0.124. The Morgan fingerprint density at radius 1 is 1.32 bits per heavy atom. The molecule has 4 heteroatoms. The van der Waals surface area contributed by atoms with Gasteiger partial charge in [-0.05, 0) is 39.3 Å². The van der Waals surface area contributed by atoms with Gasteiger partial charge in [-0.2, -0.15) is 0 Å². The highest BCUT2D eigenvalue weighted by atomic mass is 16.1. The molecular formula is C15H31N3O. The second-order valence-corrected chi connectivity index (χ2v) is 5.98. The van der Waals surface area contributed by atoms with E-state index in [1.54, 1.807) is 0 Å². The summed E-state index contributed by atoms with van der Waals surface area (Å²) in [5.41, 5.74) is 5.01. The fourth-order valence-electron chi connectivity index (χ4n) is 2.97. The number of hydrogen-bond acceptors (Lipinski definition) is 3. The third kappa shape index (κ3) is 4.77. The molecule has 3 N–H and O–H groups in total. The SMILES string of the molecule is CCCNC(C)(CN(CC)C1CCCCC1)C(N)=O. The van der Waals surface area contributed by atoms with Crippen molar-refractivity contribution in [2.24, 2.45) is 5.73 Å². The molecule has 1 aliphatic rings. The van der Waals surface area contributed by atoms with E-state index in [-0.39, 0.29) is 5.91 Å². The molecule has 1 amide bonds. The first kappa shape index (κ1) is 16.4. The molecule has 0 bridgehead atoms. The Labute approximate surface area is 118 Å². The van der Waals surface area contributed by atoms with Crippen LogP contribution in [0.1, 0.15) is 59.3 Å². The zero-order valence-electron chi connectivity index (χ0n) is 12.9. The highest BCUT2D eigenvalue weighted by Gasteiger charge is 2.34. The summed E-state index contributed by atoms with van der Waals surface area (Å²) in [5, 5.41) is 3.33. The van der Waals surface area contributed by atoms with E-state index in [9.17, 15) is 4.79 Å². The molecule has 1 rings (SSSR count). The monoisotopic (exact) mass is 269 g/mol. The van der Waals surface area contributed by atoms with Gasteiger partial charge in [0.2, 0.25) is 5.91 Å². The van der Waals surface area contributed by atoms with Crippen molar-refractivity contribution >= 4 is 5.91 Å². The van der Waals surface area contributed by atoms with Gasteiger partial charge in [0.05, 0.1) is 0 Å². The minimum absolute atomic E-state index is 0.241. The Morgan fingerprint density at radius 2 is 1.95 bits per heavy atom. The fraction of sp³-hybridized carbons (Fsp3) is 0.933. The van der Waals surface area contributed by atoms with Crippen LogP contribution in [0.25, 0.3) is 0 Å². The minimum atomic E-state index is -0.608. The molecule has 1 unspecified atom stereocenters. The first-order valence-corrected chi connectivity index (χ1v) is 7.82. The lowest BCUT2D eigenvalue weighted by Gasteiger charge is -2.39. The quantitative estimate of drug-likeness (QED) is 0.707. The molecule has 112 valence electrons. The Hall–Kier alpha value is -0.610. The second kappa shape index (κ2) is 7.85. The van der Waals surface area contributed by atoms with Gasteiger partial charge in [0.15, 0.2) is 0 Å². The van der Waals surface area contributed by atoms with Crippen molar-refractivity contribution in [3.63, 3.8) is 0 Å². The number of nitrogens with two attached hydrogens (primary N) is 1. The summed E-state index contributed by atoms with van der Waals surface area (Å²) in [5.74, 6) is -0.241. The Kier molecular flexibility index (Phi) is 6.80. The molecule has 0 heterocycles. The number of nitrogens with one attached hydrogen (secondary N) is 1. The lowest BCUT2D eigenvalue weighted by atomic mass is 9.92. The predicted molar refractivity (Wildman–Crippen MR) is 80.0 cm³/mol. The maximum Gasteiger partial charge on any atom is 0.238 e. The molecule has 1 saturated carbocycles. The Balaban J connectivity index is 2.65. The van der Waals surface area contributed by atoms with Gasteiger partial charge < -0.3 is 11.1 Å². The smallest absolute Gasteiger partial charge is 0.238 e. The van der Waals surface area contributed by atoms with Crippen LogP contribution in [0.4, 0.5) is 0 Å². The average molecular weight is 269 g/mol. The third-order valence-electron chi connectivity index (χ3n) is 4.33. The van der Waals surface area contributed by atoms with E-state index in [2.05, 4.69) is 24.1 Å². The van der Waals surface area contributed by atoms with Crippen molar-refractivity contribution in [1.29, 1.82) is 0 Å². The second-order valence-electron chi connectivity index (χ2n) is 5.98. The summed E-state index contributed by atoms with van der Waals surface area (Å²) in [6, 6.07) is 0.626. The van der Waals surface area contributed by atoms with Gasteiger partial charge >= 0.3 is 0 Å². The summed E-state index contributed by atoms with van der Waals surface area (Å²) in [6.07, 6.45) is 7.52. The maximum atomic E-state index is 11.8. The molecule has 1 atom stereocenters. The molecule has 0 spiro atoms. The number of hydrogen-bond donors (Lipinski definition) is 2. The van der Waals surface area contributed by atoms with Gasteiger partial charge in [0.1, 0.15) is 5.54 Å². The van der Waals surface area contributed by atoms with Gasteiger partial charge in [0, 0.05) is 12.6 Å². The molecule has 1 fully saturated rings. The molecular weight excluding hydrogens is 238 g/mol. The van der Waals surface area contributed by atoms with Crippen LogP contribution in [-0.2, 0) is 4.79 Å². The number of nitrogens with zero attached hydrogens (tertiary/aromatic N) is 1. The standard InChI is InChI=1S/C15H31N3O/c1-4-11-17-15(3,14(16)19)12-18(5-2)13-9-7-6-8-10-13/h13,17H,4-12H2,1-3H3,(H2,16,19). The first-order valence-electron chi connectivity index (χ1n) is 7.82. The molecule has 0 aromatic heterocycles.